The van der Waals surface area contributed by atoms with E-state index in [-0.39, 0.29) is 23.2 Å². The first-order chi connectivity index (χ1) is 20.4. The summed E-state index contributed by atoms with van der Waals surface area (Å²) in [6.07, 6.45) is 4.01. The number of benzene rings is 2. The van der Waals surface area contributed by atoms with Crippen LogP contribution in [-0.4, -0.2) is 19.1 Å². The molecular formula is C33H40N4O6. The predicted octanol–water partition coefficient (Wildman–Crippen LogP) is 5.28. The molecule has 2 aromatic heterocycles. The van der Waals surface area contributed by atoms with Crippen molar-refractivity contribution in [2.24, 2.45) is 7.05 Å². The first kappa shape index (κ1) is 31.3. The zero-order valence-electron chi connectivity index (χ0n) is 25.9. The van der Waals surface area contributed by atoms with Crippen LogP contribution in [0.25, 0.3) is 0 Å². The number of H-pyrrole nitrogens is 2. The molecule has 5 rings (SSSR count). The third-order valence-electron chi connectivity index (χ3n) is 7.51. The van der Waals surface area contributed by atoms with E-state index in [1.54, 1.807) is 11.6 Å². The number of hydrogen-bond acceptors (Lipinski definition) is 6. The maximum Gasteiger partial charge on any atom is 0.333 e. The summed E-state index contributed by atoms with van der Waals surface area (Å²) in [4.78, 5) is 52.9. The molecule has 0 bridgehead atoms. The largest absolute Gasteiger partial charge is 0.440 e. The molecule has 0 amide bonds. The maximum absolute atomic E-state index is 12.7. The van der Waals surface area contributed by atoms with Gasteiger partial charge in [-0.2, -0.15) is 0 Å². The second kappa shape index (κ2) is 13.1. The highest BCUT2D eigenvalue weighted by Crippen LogP contribution is 2.35. The summed E-state index contributed by atoms with van der Waals surface area (Å²) >= 11 is 0. The molecule has 2 aromatic carbocycles. The van der Waals surface area contributed by atoms with Gasteiger partial charge in [-0.25, -0.2) is 9.59 Å². The summed E-state index contributed by atoms with van der Waals surface area (Å²) in [6, 6.07) is 11.8. The molecule has 1 aliphatic rings. The minimum Gasteiger partial charge on any atom is -0.440 e. The Bertz CT molecular complexity index is 1830. The smallest absolute Gasteiger partial charge is 0.333 e. The fraction of sp³-hybridized carbons (Fsp3) is 0.394. The Hall–Kier alpha value is -4.60. The van der Waals surface area contributed by atoms with Gasteiger partial charge in [0.25, 0.3) is 11.1 Å². The Kier molecular flexibility index (Phi) is 9.58. The lowest BCUT2D eigenvalue weighted by Gasteiger charge is -2.30. The topological polar surface area (TPSA) is 128 Å². The number of aromatic nitrogens is 4. The minimum absolute atomic E-state index is 0.121. The van der Waals surface area contributed by atoms with Gasteiger partial charge < -0.3 is 9.47 Å². The van der Waals surface area contributed by atoms with Crippen LogP contribution in [0, 0.1) is 27.7 Å². The maximum atomic E-state index is 12.7. The molecule has 0 saturated heterocycles. The molecule has 10 heteroatoms. The van der Waals surface area contributed by atoms with E-state index in [1.165, 1.54) is 4.57 Å². The van der Waals surface area contributed by atoms with Crippen LogP contribution in [0.15, 0.2) is 55.6 Å². The number of ether oxygens (including phenoxy) is 2. The van der Waals surface area contributed by atoms with Gasteiger partial charge in [0.2, 0.25) is 11.8 Å². The summed E-state index contributed by atoms with van der Waals surface area (Å²) in [5.74, 6) is 1.90. The van der Waals surface area contributed by atoms with E-state index in [0.717, 1.165) is 41.5 Å². The van der Waals surface area contributed by atoms with Crippen molar-refractivity contribution < 1.29 is 9.47 Å². The third-order valence-corrected chi connectivity index (χ3v) is 7.51. The highest BCUT2D eigenvalue weighted by atomic mass is 16.5. The van der Waals surface area contributed by atoms with E-state index < -0.39 is 11.2 Å². The van der Waals surface area contributed by atoms with Crippen LogP contribution < -0.4 is 32.0 Å². The summed E-state index contributed by atoms with van der Waals surface area (Å²) in [5.41, 5.74) is 3.74. The lowest BCUT2D eigenvalue weighted by atomic mass is 9.92. The molecule has 43 heavy (non-hydrogen) atoms. The summed E-state index contributed by atoms with van der Waals surface area (Å²) in [6.45, 7) is 11.7. The lowest BCUT2D eigenvalue weighted by Crippen LogP contribution is -2.43. The van der Waals surface area contributed by atoms with E-state index in [0.29, 0.717) is 41.3 Å². The van der Waals surface area contributed by atoms with Gasteiger partial charge in [0.15, 0.2) is 0 Å². The summed E-state index contributed by atoms with van der Waals surface area (Å²) in [7, 11) is 1.54. The van der Waals surface area contributed by atoms with Crippen molar-refractivity contribution in [3.05, 3.63) is 111 Å². The third kappa shape index (κ3) is 7.07. The highest BCUT2D eigenvalue weighted by molar-refractivity contribution is 5.38. The molecule has 1 fully saturated rings. The first-order valence-corrected chi connectivity index (χ1v) is 14.6. The Morgan fingerprint density at radius 1 is 0.744 bits per heavy atom. The number of rotatable bonds is 7. The molecule has 0 unspecified atom stereocenters. The molecule has 2 N–H and O–H groups in total. The van der Waals surface area contributed by atoms with Crippen molar-refractivity contribution in [3.63, 3.8) is 0 Å². The molecule has 1 saturated carbocycles. The van der Waals surface area contributed by atoms with Gasteiger partial charge in [-0.1, -0.05) is 26.0 Å². The fourth-order valence-corrected chi connectivity index (χ4v) is 5.27. The van der Waals surface area contributed by atoms with E-state index in [4.69, 9.17) is 9.47 Å². The van der Waals surface area contributed by atoms with Crippen molar-refractivity contribution in [1.29, 1.82) is 0 Å². The zero-order chi connectivity index (χ0) is 31.4. The van der Waals surface area contributed by atoms with Crippen molar-refractivity contribution in [2.75, 3.05) is 0 Å². The zero-order valence-corrected chi connectivity index (χ0v) is 25.9. The quantitative estimate of drug-likeness (QED) is 0.302. The normalized spacial score (nSPS) is 12.7. The Morgan fingerprint density at radius 2 is 1.26 bits per heavy atom. The van der Waals surface area contributed by atoms with Crippen molar-refractivity contribution in [2.45, 2.75) is 79.7 Å². The van der Waals surface area contributed by atoms with Gasteiger partial charge in [0.1, 0.15) is 11.5 Å². The van der Waals surface area contributed by atoms with Crippen molar-refractivity contribution in [3.8, 4) is 23.3 Å². The predicted molar refractivity (Wildman–Crippen MR) is 167 cm³/mol. The van der Waals surface area contributed by atoms with Crippen molar-refractivity contribution in [1.82, 2.24) is 19.1 Å². The molecule has 4 aromatic rings. The number of aryl methyl sites for hydroxylation is 4. The second-order valence-corrected chi connectivity index (χ2v) is 11.2. The summed E-state index contributed by atoms with van der Waals surface area (Å²) in [5, 5.41) is 0. The second-order valence-electron chi connectivity index (χ2n) is 11.2. The van der Waals surface area contributed by atoms with Gasteiger partial charge in [-0.3, -0.25) is 28.7 Å². The van der Waals surface area contributed by atoms with E-state index >= 15 is 0 Å². The van der Waals surface area contributed by atoms with E-state index in [1.807, 2.05) is 71.9 Å². The molecule has 0 spiro atoms. The minimum atomic E-state index is -0.568. The van der Waals surface area contributed by atoms with Gasteiger partial charge in [0.05, 0.1) is 11.1 Å². The first-order valence-electron chi connectivity index (χ1n) is 14.6. The standard InChI is InChI=1S/C19H24N2O3.C14H16N2O3/c1-5-16-17(22)20(4)19(23)21(14-7-6-8-14)18(16)24-15-10-12(2)9-13(3)11-15;1-4-11-12(17)15-14(18)16-13(11)19-10-6-8(2)5-9(3)7-10/h9-11,14H,5-8H2,1-4H3;5-7H,4H2,1-3H3,(H2,15,16,17,18). The molecule has 1 aliphatic carbocycles. The van der Waals surface area contributed by atoms with Crippen LogP contribution in [-0.2, 0) is 19.9 Å². The van der Waals surface area contributed by atoms with Crippen LogP contribution >= 0.6 is 0 Å². The van der Waals surface area contributed by atoms with Crippen LogP contribution in [0.1, 0.15) is 72.5 Å². The molecule has 0 atom stereocenters. The molecule has 0 aliphatic heterocycles. The fourth-order valence-electron chi connectivity index (χ4n) is 5.27. The SMILES string of the molecule is CCc1c(Oc2cc(C)cc(C)c2)[nH]c(=O)[nH]c1=O.CCc1c(Oc2cc(C)cc(C)c2)n(C2CCC2)c(=O)n(C)c1=O. The summed E-state index contributed by atoms with van der Waals surface area (Å²) < 4.78 is 14.6. The van der Waals surface area contributed by atoms with Crippen LogP contribution in [0.5, 0.6) is 23.3 Å². The van der Waals surface area contributed by atoms with Gasteiger partial charge in [0, 0.05) is 13.1 Å². The van der Waals surface area contributed by atoms with Gasteiger partial charge >= 0.3 is 11.4 Å². The van der Waals surface area contributed by atoms with Crippen LogP contribution in [0.3, 0.4) is 0 Å². The monoisotopic (exact) mass is 588 g/mol. The molecule has 2 heterocycles. The molecule has 10 nitrogen and oxygen atoms in total. The van der Waals surface area contributed by atoms with E-state index in [9.17, 15) is 19.2 Å². The number of nitrogens with zero attached hydrogens (tertiary/aromatic N) is 2. The molecule has 0 radical (unpaired) electrons. The Morgan fingerprint density at radius 3 is 1.72 bits per heavy atom. The molecular weight excluding hydrogens is 548 g/mol. The average molecular weight is 589 g/mol. The Balaban J connectivity index is 0.000000203. The average Bonchev–Trinajstić information content (AvgIpc) is 2.88. The number of nitrogens with one attached hydrogen (secondary N) is 2. The van der Waals surface area contributed by atoms with Gasteiger partial charge in [-0.15, -0.1) is 0 Å². The van der Waals surface area contributed by atoms with Gasteiger partial charge in [-0.05, 0) is 106 Å². The van der Waals surface area contributed by atoms with Crippen LogP contribution in [0.4, 0.5) is 0 Å². The number of hydrogen-bond donors (Lipinski definition) is 2. The Labute approximate surface area is 250 Å². The lowest BCUT2D eigenvalue weighted by molar-refractivity contribution is 0.264. The van der Waals surface area contributed by atoms with Crippen LogP contribution in [0.2, 0.25) is 0 Å². The van der Waals surface area contributed by atoms with E-state index in [2.05, 4.69) is 16.0 Å². The highest BCUT2D eigenvalue weighted by Gasteiger charge is 2.28. The van der Waals surface area contributed by atoms with Crippen molar-refractivity contribution >= 4 is 0 Å². The molecule has 228 valence electrons. The number of aromatic amines is 2.